The summed E-state index contributed by atoms with van der Waals surface area (Å²) in [6.07, 6.45) is 9.55. The average Bonchev–Trinajstić information content (AvgIpc) is 3.25. The second kappa shape index (κ2) is 10.9. The van der Waals surface area contributed by atoms with Crippen LogP contribution in [0.4, 0.5) is 5.13 Å². The van der Waals surface area contributed by atoms with Crippen LogP contribution in [0, 0.1) is 5.21 Å². The van der Waals surface area contributed by atoms with Gasteiger partial charge in [-0.3, -0.25) is 9.44 Å². The lowest BCUT2D eigenvalue weighted by Gasteiger charge is -2.38. The van der Waals surface area contributed by atoms with Gasteiger partial charge in [-0.1, -0.05) is 23.3 Å². The van der Waals surface area contributed by atoms with Gasteiger partial charge >= 0.3 is 11.1 Å². The van der Waals surface area contributed by atoms with Crippen LogP contribution in [0.5, 0.6) is 0 Å². The fraction of sp³-hybridized carbons (Fsp3) is 0.611. The third kappa shape index (κ3) is 6.08. The lowest BCUT2D eigenvalue weighted by molar-refractivity contribution is -0.150. The monoisotopic (exact) mass is 414 g/mol. The van der Waals surface area contributed by atoms with Gasteiger partial charge < -0.3 is 9.94 Å². The molecule has 1 saturated heterocycles. The summed E-state index contributed by atoms with van der Waals surface area (Å²) in [5.41, 5.74) is 0. The summed E-state index contributed by atoms with van der Waals surface area (Å²) in [5.74, 6) is -0.869. The standard InChI is InChI=1S/C18H27ClN4O3S/c1-3-5-7-9-11-22-13-16(26-17(24)12-19)23(25,14-22)18-21-20-15(27-18)10-8-6-4-2/h3-4,6,16H,1,5,7-14H2,2H3. The molecule has 7 nitrogen and oxygen atoms in total. The van der Waals surface area contributed by atoms with Gasteiger partial charge in [-0.05, 0) is 43.9 Å². The van der Waals surface area contributed by atoms with E-state index in [2.05, 4.69) is 22.9 Å². The number of carbonyl (C=O) groups excluding carboxylic acids is 1. The zero-order valence-electron chi connectivity index (χ0n) is 15.7. The van der Waals surface area contributed by atoms with E-state index in [1.54, 1.807) is 0 Å². The number of rotatable bonds is 11. The summed E-state index contributed by atoms with van der Waals surface area (Å²) >= 11 is 6.85. The molecule has 1 aliphatic rings. The van der Waals surface area contributed by atoms with E-state index < -0.39 is 16.8 Å². The smallest absolute Gasteiger partial charge is 0.325 e. The normalized spacial score (nSPS) is 23.1. The number of nitrogens with zero attached hydrogens (tertiary/aromatic N) is 4. The van der Waals surface area contributed by atoms with Gasteiger partial charge in [-0.2, -0.15) is 0 Å². The highest BCUT2D eigenvalue weighted by Gasteiger charge is 2.46. The number of hydrogen-bond acceptors (Lipinski definition) is 7. The van der Waals surface area contributed by atoms with Crippen molar-refractivity contribution < 1.29 is 9.53 Å². The molecule has 0 radical (unpaired) electrons. The molecule has 9 heteroatoms. The molecule has 0 N–H and O–H groups in total. The Balaban J connectivity index is 2.10. The first-order chi connectivity index (χ1) is 13.0. The molecule has 0 bridgehead atoms. The molecule has 1 aliphatic heterocycles. The molecule has 2 unspecified atom stereocenters. The van der Waals surface area contributed by atoms with Crippen LogP contribution < -0.4 is 4.65 Å². The molecule has 2 rings (SSSR count). The number of aromatic nitrogens is 2. The SMILES string of the molecule is C=CCCCCN1CC(OC(=O)CCl)[N+]([O-])(c2nnc(CCC=CC)s2)C1. The van der Waals surface area contributed by atoms with E-state index in [9.17, 15) is 10.0 Å². The molecule has 0 aliphatic carbocycles. The van der Waals surface area contributed by atoms with E-state index in [4.69, 9.17) is 16.3 Å². The lowest BCUT2D eigenvalue weighted by Crippen LogP contribution is -2.51. The van der Waals surface area contributed by atoms with Crippen LogP contribution >= 0.6 is 22.9 Å². The number of carbonyl (C=O) groups is 1. The summed E-state index contributed by atoms with van der Waals surface area (Å²) in [4.78, 5) is 13.7. The van der Waals surface area contributed by atoms with Crippen LogP contribution in [0.15, 0.2) is 24.8 Å². The first-order valence-corrected chi connectivity index (χ1v) is 10.5. The van der Waals surface area contributed by atoms with Crippen molar-refractivity contribution in [2.45, 2.75) is 45.3 Å². The second-order valence-electron chi connectivity index (χ2n) is 6.46. The topological polar surface area (TPSA) is 78.4 Å². The van der Waals surface area contributed by atoms with Crippen molar-refractivity contribution >= 4 is 34.0 Å². The van der Waals surface area contributed by atoms with Crippen LogP contribution in [-0.2, 0) is 16.0 Å². The molecule has 1 aromatic heterocycles. The number of unbranched alkanes of at least 4 members (excludes halogenated alkanes) is 2. The second-order valence-corrected chi connectivity index (χ2v) is 7.77. The summed E-state index contributed by atoms with van der Waals surface area (Å²) in [5, 5.41) is 23.0. The van der Waals surface area contributed by atoms with Crippen LogP contribution in [0.3, 0.4) is 0 Å². The van der Waals surface area contributed by atoms with Crippen molar-refractivity contribution in [1.82, 2.24) is 19.7 Å². The van der Waals surface area contributed by atoms with Crippen LogP contribution in [0.2, 0.25) is 0 Å². The van der Waals surface area contributed by atoms with Gasteiger partial charge in [0.15, 0.2) is 0 Å². The van der Waals surface area contributed by atoms with Crippen molar-refractivity contribution in [3.05, 3.63) is 35.0 Å². The maximum Gasteiger partial charge on any atom is 0.325 e. The molecule has 1 aromatic rings. The van der Waals surface area contributed by atoms with Gasteiger partial charge in [0.1, 0.15) is 17.6 Å². The van der Waals surface area contributed by atoms with Crippen molar-refractivity contribution in [1.29, 1.82) is 0 Å². The van der Waals surface area contributed by atoms with Gasteiger partial charge in [-0.15, -0.1) is 23.3 Å². The molecule has 0 spiro atoms. The summed E-state index contributed by atoms with van der Waals surface area (Å²) in [7, 11) is 0. The van der Waals surface area contributed by atoms with E-state index in [1.165, 1.54) is 11.3 Å². The largest absolute Gasteiger partial charge is 0.622 e. The number of hydrogen-bond donors (Lipinski definition) is 0. The Morgan fingerprint density at radius 2 is 2.30 bits per heavy atom. The van der Waals surface area contributed by atoms with Gasteiger partial charge in [0.25, 0.3) is 6.23 Å². The molecule has 0 aromatic carbocycles. The Kier molecular flexibility index (Phi) is 8.85. The van der Waals surface area contributed by atoms with E-state index in [0.29, 0.717) is 11.7 Å². The van der Waals surface area contributed by atoms with E-state index >= 15 is 0 Å². The Morgan fingerprint density at radius 3 is 3.00 bits per heavy atom. The molecule has 0 amide bonds. The highest BCUT2D eigenvalue weighted by molar-refractivity contribution is 7.15. The van der Waals surface area contributed by atoms with Crippen molar-refractivity contribution in [2.24, 2.45) is 0 Å². The molecule has 0 saturated carbocycles. The molecule has 27 heavy (non-hydrogen) atoms. The zero-order valence-corrected chi connectivity index (χ0v) is 17.3. The Morgan fingerprint density at radius 1 is 1.48 bits per heavy atom. The first kappa shape index (κ1) is 22.0. The number of hydroxylamine groups is 2. The minimum absolute atomic E-state index is 0.192. The predicted molar refractivity (Wildman–Crippen MR) is 109 cm³/mol. The third-order valence-corrected chi connectivity index (χ3v) is 5.65. The number of ether oxygens (including phenoxy) is 1. The Labute approximate surface area is 169 Å². The van der Waals surface area contributed by atoms with Crippen LogP contribution in [0.1, 0.15) is 37.6 Å². The number of quaternary nitrogens is 1. The number of allylic oxidation sites excluding steroid dienone is 3. The van der Waals surface area contributed by atoms with Crippen LogP contribution in [0.25, 0.3) is 0 Å². The maximum absolute atomic E-state index is 13.6. The van der Waals surface area contributed by atoms with E-state index in [0.717, 1.165) is 43.7 Å². The van der Waals surface area contributed by atoms with Gasteiger partial charge in [-0.25, -0.2) is 4.90 Å². The Bertz CT molecular complexity index is 654. The van der Waals surface area contributed by atoms with Crippen molar-refractivity contribution in [3.63, 3.8) is 0 Å². The third-order valence-electron chi connectivity index (χ3n) is 4.34. The summed E-state index contributed by atoms with van der Waals surface area (Å²) < 4.78 is 4.54. The van der Waals surface area contributed by atoms with E-state index in [-0.39, 0.29) is 12.5 Å². The highest BCUT2D eigenvalue weighted by Crippen LogP contribution is 2.34. The fourth-order valence-corrected chi connectivity index (χ4v) is 3.93. The number of aryl methyl sites for hydroxylation is 1. The van der Waals surface area contributed by atoms with Crippen LogP contribution in [-0.4, -0.2) is 52.9 Å². The minimum atomic E-state index is -0.869. The molecule has 2 heterocycles. The molecule has 2 atom stereocenters. The average molecular weight is 415 g/mol. The van der Waals surface area contributed by atoms with Gasteiger partial charge in [0.2, 0.25) is 0 Å². The molecule has 1 fully saturated rings. The number of esters is 1. The minimum Gasteiger partial charge on any atom is -0.622 e. The molecular weight excluding hydrogens is 388 g/mol. The quantitative estimate of drug-likeness (QED) is 0.137. The Hall–Kier alpha value is -1.32. The summed E-state index contributed by atoms with van der Waals surface area (Å²) in [6, 6.07) is 0. The van der Waals surface area contributed by atoms with Crippen molar-refractivity contribution in [2.75, 3.05) is 25.6 Å². The lowest BCUT2D eigenvalue weighted by atomic mass is 10.2. The predicted octanol–water partition coefficient (Wildman–Crippen LogP) is 3.59. The number of alkyl halides is 1. The van der Waals surface area contributed by atoms with E-state index in [1.807, 2.05) is 24.0 Å². The zero-order chi connectivity index (χ0) is 19.7. The first-order valence-electron chi connectivity index (χ1n) is 9.15. The van der Waals surface area contributed by atoms with Gasteiger partial charge in [0.05, 0.1) is 6.54 Å². The van der Waals surface area contributed by atoms with Crippen molar-refractivity contribution in [3.8, 4) is 0 Å². The molecule has 150 valence electrons. The highest BCUT2D eigenvalue weighted by atomic mass is 35.5. The maximum atomic E-state index is 13.6. The van der Waals surface area contributed by atoms with Gasteiger partial charge in [0, 0.05) is 13.0 Å². The molecular formula is C18H27ClN4O3S. The fourth-order valence-electron chi connectivity index (χ4n) is 2.95. The number of halogens is 1. The summed E-state index contributed by atoms with van der Waals surface area (Å²) in [6.45, 7) is 7.01.